The van der Waals surface area contributed by atoms with Crippen molar-refractivity contribution in [1.29, 1.82) is 0 Å². The molecule has 2 aliphatic rings. The van der Waals surface area contributed by atoms with Crippen LogP contribution in [0.15, 0.2) is 12.4 Å². The third kappa shape index (κ3) is 3.78. The summed E-state index contributed by atoms with van der Waals surface area (Å²) in [6.07, 6.45) is 10.4. The van der Waals surface area contributed by atoms with Crippen LogP contribution in [0.1, 0.15) is 49.4 Å². The van der Waals surface area contributed by atoms with Gasteiger partial charge in [0.2, 0.25) is 0 Å². The zero-order valence-electron chi connectivity index (χ0n) is 12.6. The fraction of sp³-hybridized carbons (Fsp3) is 0.750. The standard InChI is InChI=1S/C16H25N3O2/c20-11-15-12-21-7-6-19(15)10-13-8-17-16(18-9-13)14-4-2-1-3-5-14/h8-9,14-15,20H,1-7,10-12H2. The van der Waals surface area contributed by atoms with Crippen LogP contribution < -0.4 is 0 Å². The van der Waals surface area contributed by atoms with Gasteiger partial charge in [0.05, 0.1) is 25.9 Å². The molecular weight excluding hydrogens is 266 g/mol. The van der Waals surface area contributed by atoms with Crippen LogP contribution in [0, 0.1) is 0 Å². The molecule has 1 atom stereocenters. The van der Waals surface area contributed by atoms with Crippen molar-refractivity contribution in [2.75, 3.05) is 26.4 Å². The largest absolute Gasteiger partial charge is 0.395 e. The molecule has 0 aromatic carbocycles. The highest BCUT2D eigenvalue weighted by Gasteiger charge is 2.23. The molecule has 0 spiro atoms. The number of aromatic nitrogens is 2. The van der Waals surface area contributed by atoms with Gasteiger partial charge in [0.15, 0.2) is 0 Å². The number of aliphatic hydroxyl groups excluding tert-OH is 1. The van der Waals surface area contributed by atoms with Gasteiger partial charge in [0.1, 0.15) is 5.82 Å². The van der Waals surface area contributed by atoms with E-state index in [4.69, 9.17) is 4.74 Å². The number of aliphatic hydroxyl groups is 1. The topological polar surface area (TPSA) is 58.5 Å². The molecule has 5 nitrogen and oxygen atoms in total. The lowest BCUT2D eigenvalue weighted by molar-refractivity contribution is -0.0313. The number of nitrogens with zero attached hydrogens (tertiary/aromatic N) is 3. The van der Waals surface area contributed by atoms with Crippen molar-refractivity contribution in [3.63, 3.8) is 0 Å². The van der Waals surface area contributed by atoms with Crippen LogP contribution in [0.3, 0.4) is 0 Å². The van der Waals surface area contributed by atoms with E-state index in [1.165, 1.54) is 32.1 Å². The van der Waals surface area contributed by atoms with E-state index in [2.05, 4.69) is 14.9 Å². The Bertz CT molecular complexity index is 432. The second-order valence-corrected chi connectivity index (χ2v) is 6.17. The quantitative estimate of drug-likeness (QED) is 0.915. The predicted octanol–water partition coefficient (Wildman–Crippen LogP) is 1.72. The van der Waals surface area contributed by atoms with Gasteiger partial charge in [0, 0.05) is 37.0 Å². The summed E-state index contributed by atoms with van der Waals surface area (Å²) in [5, 5.41) is 9.40. The molecule has 1 unspecified atom stereocenters. The van der Waals surface area contributed by atoms with Crippen LogP contribution in [0.5, 0.6) is 0 Å². The van der Waals surface area contributed by atoms with E-state index in [0.717, 1.165) is 31.1 Å². The molecule has 0 amide bonds. The SMILES string of the molecule is OCC1COCCN1Cc1cnc(C2CCCCC2)nc1. The maximum atomic E-state index is 9.40. The summed E-state index contributed by atoms with van der Waals surface area (Å²) >= 11 is 0. The predicted molar refractivity (Wildman–Crippen MR) is 80.0 cm³/mol. The van der Waals surface area contributed by atoms with E-state index in [0.29, 0.717) is 12.5 Å². The first-order chi connectivity index (χ1) is 10.4. The second kappa shape index (κ2) is 7.29. The molecule has 5 heteroatoms. The third-order valence-corrected chi connectivity index (χ3v) is 4.64. The van der Waals surface area contributed by atoms with E-state index in [1.807, 2.05) is 12.4 Å². The van der Waals surface area contributed by atoms with Gasteiger partial charge in [-0.15, -0.1) is 0 Å². The molecule has 1 saturated heterocycles. The smallest absolute Gasteiger partial charge is 0.131 e. The number of rotatable bonds is 4. The molecule has 0 radical (unpaired) electrons. The molecule has 2 fully saturated rings. The molecular formula is C16H25N3O2. The molecule has 1 N–H and O–H groups in total. The normalized spacial score (nSPS) is 25.1. The summed E-state index contributed by atoms with van der Waals surface area (Å²) in [7, 11) is 0. The van der Waals surface area contributed by atoms with Crippen molar-refractivity contribution in [1.82, 2.24) is 14.9 Å². The molecule has 1 aliphatic heterocycles. The van der Waals surface area contributed by atoms with E-state index in [1.54, 1.807) is 0 Å². The highest BCUT2D eigenvalue weighted by molar-refractivity contribution is 5.08. The summed E-state index contributed by atoms with van der Waals surface area (Å²) in [5.74, 6) is 1.57. The first-order valence-corrected chi connectivity index (χ1v) is 8.10. The van der Waals surface area contributed by atoms with E-state index >= 15 is 0 Å². The molecule has 1 aliphatic carbocycles. The highest BCUT2D eigenvalue weighted by atomic mass is 16.5. The van der Waals surface area contributed by atoms with Crippen molar-refractivity contribution in [3.05, 3.63) is 23.8 Å². The Labute approximate surface area is 126 Å². The minimum absolute atomic E-state index is 0.0942. The van der Waals surface area contributed by atoms with Crippen LogP contribution in [-0.4, -0.2) is 52.4 Å². The Kier molecular flexibility index (Phi) is 5.17. The molecule has 116 valence electrons. The van der Waals surface area contributed by atoms with Gasteiger partial charge in [-0.1, -0.05) is 19.3 Å². The number of hydrogen-bond acceptors (Lipinski definition) is 5. The minimum Gasteiger partial charge on any atom is -0.395 e. The summed E-state index contributed by atoms with van der Waals surface area (Å²) in [5.41, 5.74) is 1.12. The van der Waals surface area contributed by atoms with Crippen molar-refractivity contribution in [2.24, 2.45) is 0 Å². The summed E-state index contributed by atoms with van der Waals surface area (Å²) in [4.78, 5) is 11.4. The molecule has 2 heterocycles. The summed E-state index contributed by atoms with van der Waals surface area (Å²) in [6, 6.07) is 0.0942. The van der Waals surface area contributed by atoms with Crippen LogP contribution in [0.4, 0.5) is 0 Å². The van der Waals surface area contributed by atoms with E-state index in [-0.39, 0.29) is 12.6 Å². The van der Waals surface area contributed by atoms with E-state index in [9.17, 15) is 5.11 Å². The number of ether oxygens (including phenoxy) is 1. The zero-order chi connectivity index (χ0) is 14.5. The monoisotopic (exact) mass is 291 g/mol. The van der Waals surface area contributed by atoms with Gasteiger partial charge in [-0.05, 0) is 12.8 Å². The van der Waals surface area contributed by atoms with Crippen LogP contribution >= 0.6 is 0 Å². The Balaban J connectivity index is 1.61. The van der Waals surface area contributed by atoms with Crippen molar-refractivity contribution >= 4 is 0 Å². The average molecular weight is 291 g/mol. The Morgan fingerprint density at radius 1 is 1.19 bits per heavy atom. The molecule has 3 rings (SSSR count). The van der Waals surface area contributed by atoms with Gasteiger partial charge in [-0.3, -0.25) is 4.90 Å². The van der Waals surface area contributed by atoms with Crippen molar-refractivity contribution in [2.45, 2.75) is 50.6 Å². The first kappa shape index (κ1) is 14.9. The molecule has 1 saturated carbocycles. The third-order valence-electron chi connectivity index (χ3n) is 4.64. The maximum absolute atomic E-state index is 9.40. The van der Waals surface area contributed by atoms with Crippen LogP contribution in [0.2, 0.25) is 0 Å². The Hall–Kier alpha value is -1.04. The van der Waals surface area contributed by atoms with Gasteiger partial charge < -0.3 is 9.84 Å². The van der Waals surface area contributed by atoms with Gasteiger partial charge >= 0.3 is 0 Å². The van der Waals surface area contributed by atoms with Crippen molar-refractivity contribution in [3.8, 4) is 0 Å². The van der Waals surface area contributed by atoms with Gasteiger partial charge in [-0.25, -0.2) is 9.97 Å². The Morgan fingerprint density at radius 3 is 2.67 bits per heavy atom. The first-order valence-electron chi connectivity index (χ1n) is 8.10. The van der Waals surface area contributed by atoms with Crippen molar-refractivity contribution < 1.29 is 9.84 Å². The lowest BCUT2D eigenvalue weighted by Crippen LogP contribution is -2.46. The maximum Gasteiger partial charge on any atom is 0.131 e. The van der Waals surface area contributed by atoms with E-state index < -0.39 is 0 Å². The molecule has 21 heavy (non-hydrogen) atoms. The van der Waals surface area contributed by atoms with Gasteiger partial charge in [0.25, 0.3) is 0 Å². The molecule has 1 aromatic heterocycles. The number of morpholine rings is 1. The second-order valence-electron chi connectivity index (χ2n) is 6.17. The summed E-state index contributed by atoms with van der Waals surface area (Å²) < 4.78 is 5.41. The zero-order valence-corrected chi connectivity index (χ0v) is 12.6. The van der Waals surface area contributed by atoms with Crippen LogP contribution in [-0.2, 0) is 11.3 Å². The summed E-state index contributed by atoms with van der Waals surface area (Å²) in [6.45, 7) is 3.13. The highest BCUT2D eigenvalue weighted by Crippen LogP contribution is 2.30. The lowest BCUT2D eigenvalue weighted by Gasteiger charge is -2.34. The molecule has 0 bridgehead atoms. The fourth-order valence-corrected chi connectivity index (χ4v) is 3.32. The number of hydrogen-bond donors (Lipinski definition) is 1. The average Bonchev–Trinajstić information content (AvgIpc) is 2.57. The Morgan fingerprint density at radius 2 is 1.95 bits per heavy atom. The molecule has 1 aromatic rings. The van der Waals surface area contributed by atoms with Crippen LogP contribution in [0.25, 0.3) is 0 Å². The fourth-order valence-electron chi connectivity index (χ4n) is 3.32. The minimum atomic E-state index is 0.0942. The van der Waals surface area contributed by atoms with Gasteiger partial charge in [-0.2, -0.15) is 0 Å². The lowest BCUT2D eigenvalue weighted by atomic mass is 9.89.